The molecule has 0 aliphatic heterocycles. The molecule has 2 aromatic carbocycles. The molecule has 0 bridgehead atoms. The molecule has 2 N–H and O–H groups in total. The van der Waals surface area contributed by atoms with Crippen molar-refractivity contribution in [3.63, 3.8) is 0 Å². The molecule has 2 amide bonds. The summed E-state index contributed by atoms with van der Waals surface area (Å²) in [5, 5.41) is 5.63. The number of thioether (sulfide) groups is 1. The predicted molar refractivity (Wildman–Crippen MR) is 107 cm³/mol. The van der Waals surface area contributed by atoms with E-state index in [1.165, 1.54) is 0 Å². The highest BCUT2D eigenvalue weighted by atomic mass is 32.2. The maximum atomic E-state index is 12.6. The Balaban J connectivity index is 1.92. The third kappa shape index (κ3) is 6.80. The zero-order chi connectivity index (χ0) is 18.8. The number of para-hydroxylation sites is 1. The lowest BCUT2D eigenvalue weighted by Gasteiger charge is -2.18. The van der Waals surface area contributed by atoms with Gasteiger partial charge in [0.15, 0.2) is 6.61 Å². The van der Waals surface area contributed by atoms with E-state index >= 15 is 0 Å². The van der Waals surface area contributed by atoms with E-state index in [9.17, 15) is 9.59 Å². The molecule has 138 valence electrons. The fraction of sp³-hybridized carbons (Fsp3) is 0.300. The smallest absolute Gasteiger partial charge is 0.258 e. The van der Waals surface area contributed by atoms with E-state index < -0.39 is 6.04 Å². The molecule has 0 radical (unpaired) electrons. The SMILES string of the molecule is CSCC[C@@H](NC(=O)COc1ccccc1)C(=O)Nc1cccc(C)c1. The van der Waals surface area contributed by atoms with Crippen LogP contribution in [-0.4, -0.2) is 36.5 Å². The Bertz CT molecular complexity index is 722. The molecule has 5 nitrogen and oxygen atoms in total. The van der Waals surface area contributed by atoms with Crippen molar-refractivity contribution < 1.29 is 14.3 Å². The second-order valence-electron chi connectivity index (χ2n) is 5.86. The lowest BCUT2D eigenvalue weighted by atomic mass is 10.2. The van der Waals surface area contributed by atoms with Crippen molar-refractivity contribution in [2.24, 2.45) is 0 Å². The number of hydrogen-bond donors (Lipinski definition) is 2. The molecule has 0 unspecified atom stereocenters. The van der Waals surface area contributed by atoms with Crippen LogP contribution < -0.4 is 15.4 Å². The number of ether oxygens (including phenoxy) is 1. The summed E-state index contributed by atoms with van der Waals surface area (Å²) in [6.45, 7) is 1.83. The van der Waals surface area contributed by atoms with Crippen LogP contribution in [0, 0.1) is 6.92 Å². The fourth-order valence-corrected chi connectivity index (χ4v) is 2.83. The van der Waals surface area contributed by atoms with E-state index in [-0.39, 0.29) is 18.4 Å². The molecule has 0 aliphatic carbocycles. The zero-order valence-electron chi connectivity index (χ0n) is 15.0. The number of aryl methyl sites for hydroxylation is 1. The number of benzene rings is 2. The fourth-order valence-electron chi connectivity index (χ4n) is 2.36. The van der Waals surface area contributed by atoms with Gasteiger partial charge in [-0.15, -0.1) is 0 Å². The van der Waals surface area contributed by atoms with Crippen LogP contribution in [0.3, 0.4) is 0 Å². The number of nitrogens with one attached hydrogen (secondary N) is 2. The van der Waals surface area contributed by atoms with Crippen molar-refractivity contribution in [3.8, 4) is 5.75 Å². The second-order valence-corrected chi connectivity index (χ2v) is 6.85. The topological polar surface area (TPSA) is 67.4 Å². The Labute approximate surface area is 158 Å². The van der Waals surface area contributed by atoms with Crippen molar-refractivity contribution in [3.05, 3.63) is 60.2 Å². The van der Waals surface area contributed by atoms with E-state index in [1.807, 2.05) is 55.6 Å². The number of rotatable bonds is 9. The van der Waals surface area contributed by atoms with Crippen LogP contribution >= 0.6 is 11.8 Å². The average molecular weight is 372 g/mol. The molecule has 1 atom stereocenters. The molecule has 0 aliphatic rings. The first-order valence-electron chi connectivity index (χ1n) is 8.42. The van der Waals surface area contributed by atoms with E-state index in [0.29, 0.717) is 12.2 Å². The van der Waals surface area contributed by atoms with Gasteiger partial charge < -0.3 is 15.4 Å². The third-order valence-electron chi connectivity index (χ3n) is 3.66. The summed E-state index contributed by atoms with van der Waals surface area (Å²) in [5.41, 5.74) is 1.78. The molecular weight excluding hydrogens is 348 g/mol. The first kappa shape index (κ1) is 19.8. The lowest BCUT2D eigenvalue weighted by Crippen LogP contribution is -2.45. The molecule has 2 aromatic rings. The number of amides is 2. The maximum absolute atomic E-state index is 12.6. The Morgan fingerprint density at radius 2 is 1.88 bits per heavy atom. The van der Waals surface area contributed by atoms with E-state index in [4.69, 9.17) is 4.74 Å². The number of carbonyl (C=O) groups is 2. The Morgan fingerprint density at radius 1 is 1.12 bits per heavy atom. The summed E-state index contributed by atoms with van der Waals surface area (Å²) in [6, 6.07) is 16.1. The Morgan fingerprint density at radius 3 is 2.58 bits per heavy atom. The van der Waals surface area contributed by atoms with Gasteiger partial charge in [0.25, 0.3) is 5.91 Å². The molecule has 0 saturated carbocycles. The Kier molecular flexibility index (Phi) is 8.02. The molecule has 0 spiro atoms. The van der Waals surface area contributed by atoms with Gasteiger partial charge in [-0.1, -0.05) is 30.3 Å². The lowest BCUT2D eigenvalue weighted by molar-refractivity contribution is -0.127. The minimum Gasteiger partial charge on any atom is -0.484 e. The quantitative estimate of drug-likeness (QED) is 0.709. The first-order chi connectivity index (χ1) is 12.6. The van der Waals surface area contributed by atoms with Gasteiger partial charge in [-0.3, -0.25) is 9.59 Å². The second kappa shape index (κ2) is 10.5. The van der Waals surface area contributed by atoms with Gasteiger partial charge >= 0.3 is 0 Å². The van der Waals surface area contributed by atoms with Gasteiger partial charge in [0, 0.05) is 5.69 Å². The van der Waals surface area contributed by atoms with Gasteiger partial charge in [-0.2, -0.15) is 11.8 Å². The van der Waals surface area contributed by atoms with Crippen LogP contribution in [0.1, 0.15) is 12.0 Å². The normalized spacial score (nSPS) is 11.5. The molecule has 26 heavy (non-hydrogen) atoms. The molecular formula is C20H24N2O3S. The minimum atomic E-state index is -0.602. The van der Waals surface area contributed by atoms with Crippen molar-refractivity contribution in [1.29, 1.82) is 0 Å². The van der Waals surface area contributed by atoms with E-state index in [2.05, 4.69) is 10.6 Å². The summed E-state index contributed by atoms with van der Waals surface area (Å²) in [7, 11) is 0. The van der Waals surface area contributed by atoms with Crippen LogP contribution in [0.5, 0.6) is 5.75 Å². The summed E-state index contributed by atoms with van der Waals surface area (Å²) >= 11 is 1.63. The highest BCUT2D eigenvalue weighted by molar-refractivity contribution is 7.98. The summed E-state index contributed by atoms with van der Waals surface area (Å²) in [6.07, 6.45) is 2.52. The van der Waals surface area contributed by atoms with Crippen LogP contribution in [-0.2, 0) is 9.59 Å². The first-order valence-corrected chi connectivity index (χ1v) is 9.81. The number of hydrogen-bond acceptors (Lipinski definition) is 4. The number of carbonyl (C=O) groups excluding carboxylic acids is 2. The van der Waals surface area contributed by atoms with E-state index in [1.54, 1.807) is 23.9 Å². The molecule has 2 rings (SSSR count). The van der Waals surface area contributed by atoms with Crippen LogP contribution in [0.25, 0.3) is 0 Å². The monoisotopic (exact) mass is 372 g/mol. The van der Waals surface area contributed by atoms with Gasteiger partial charge in [0.05, 0.1) is 0 Å². The highest BCUT2D eigenvalue weighted by Gasteiger charge is 2.20. The largest absolute Gasteiger partial charge is 0.484 e. The van der Waals surface area contributed by atoms with Gasteiger partial charge in [-0.05, 0) is 55.2 Å². The highest BCUT2D eigenvalue weighted by Crippen LogP contribution is 2.12. The zero-order valence-corrected chi connectivity index (χ0v) is 15.8. The van der Waals surface area contributed by atoms with Gasteiger partial charge in [0.1, 0.15) is 11.8 Å². The third-order valence-corrected chi connectivity index (χ3v) is 4.31. The van der Waals surface area contributed by atoms with Crippen molar-refractivity contribution in [2.45, 2.75) is 19.4 Å². The van der Waals surface area contributed by atoms with Crippen molar-refractivity contribution in [1.82, 2.24) is 5.32 Å². The Hall–Kier alpha value is -2.47. The molecule has 0 heterocycles. The minimum absolute atomic E-state index is 0.127. The van der Waals surface area contributed by atoms with Crippen molar-refractivity contribution >= 4 is 29.3 Å². The van der Waals surface area contributed by atoms with Gasteiger partial charge in [-0.25, -0.2) is 0 Å². The van der Waals surface area contributed by atoms with E-state index in [0.717, 1.165) is 17.0 Å². The van der Waals surface area contributed by atoms with Crippen molar-refractivity contribution in [2.75, 3.05) is 23.9 Å². The predicted octanol–water partition coefficient (Wildman–Crippen LogP) is 3.25. The van der Waals surface area contributed by atoms with Gasteiger partial charge in [0.2, 0.25) is 5.91 Å². The summed E-state index contributed by atoms with van der Waals surface area (Å²) < 4.78 is 5.44. The molecule has 0 fully saturated rings. The molecule has 6 heteroatoms. The maximum Gasteiger partial charge on any atom is 0.258 e. The van der Waals surface area contributed by atoms with Crippen LogP contribution in [0.4, 0.5) is 5.69 Å². The number of anilines is 1. The summed E-state index contributed by atoms with van der Waals surface area (Å²) in [5.74, 6) is 0.843. The standard InChI is InChI=1S/C20H24N2O3S/c1-15-7-6-8-16(13-15)21-20(24)18(11-12-26-2)22-19(23)14-25-17-9-4-3-5-10-17/h3-10,13,18H,11-12,14H2,1-2H3,(H,21,24)(H,22,23)/t18-/m1/s1. The molecule has 0 aromatic heterocycles. The molecule has 0 saturated heterocycles. The summed E-state index contributed by atoms with van der Waals surface area (Å²) in [4.78, 5) is 24.7. The van der Waals surface area contributed by atoms with Crippen LogP contribution in [0.15, 0.2) is 54.6 Å². The van der Waals surface area contributed by atoms with Crippen LogP contribution in [0.2, 0.25) is 0 Å². The average Bonchev–Trinajstić information content (AvgIpc) is 2.64.